The summed E-state index contributed by atoms with van der Waals surface area (Å²) in [5, 5.41) is 0. The highest BCUT2D eigenvalue weighted by molar-refractivity contribution is 5.92. The molecule has 2 aromatic rings. The Bertz CT molecular complexity index is 760. The van der Waals surface area contributed by atoms with Crippen LogP contribution in [-0.4, -0.2) is 38.8 Å². The minimum atomic E-state index is -0.660. The topological polar surface area (TPSA) is 98.9 Å². The van der Waals surface area contributed by atoms with Crippen LogP contribution in [0.5, 0.6) is 0 Å². The van der Waals surface area contributed by atoms with E-state index in [2.05, 4.69) is 21.0 Å². The molecule has 0 aromatic carbocycles. The average molecular weight is 314 g/mol. The van der Waals surface area contributed by atoms with E-state index >= 15 is 0 Å². The van der Waals surface area contributed by atoms with Gasteiger partial charge in [-0.15, -0.1) is 0 Å². The van der Waals surface area contributed by atoms with Crippen LogP contribution in [0.25, 0.3) is 0 Å². The molecule has 7 heteroatoms. The van der Waals surface area contributed by atoms with Crippen LogP contribution >= 0.6 is 0 Å². The first kappa shape index (κ1) is 15.2. The van der Waals surface area contributed by atoms with Crippen molar-refractivity contribution in [2.45, 2.75) is 19.3 Å². The number of amides is 1. The van der Waals surface area contributed by atoms with Gasteiger partial charge < -0.3 is 9.88 Å². The molecule has 1 saturated heterocycles. The molecule has 3 rings (SSSR count). The maximum atomic E-state index is 12.4. The van der Waals surface area contributed by atoms with E-state index < -0.39 is 11.2 Å². The van der Waals surface area contributed by atoms with Gasteiger partial charge in [0.2, 0.25) is 0 Å². The van der Waals surface area contributed by atoms with Crippen molar-refractivity contribution in [1.82, 2.24) is 19.9 Å². The molecular weight excluding hydrogens is 296 g/mol. The standard InChI is InChI=1S/C16H18N4O3/c21-14-9-13(18-16(23)19-14)15(22)20-6-3-11(4-7-20)8-12-2-1-5-17-10-12/h1-2,5,9-11H,3-4,6-8H2,(H2,18,19,21,23). The predicted molar refractivity (Wildman–Crippen MR) is 84.3 cm³/mol. The van der Waals surface area contributed by atoms with Crippen LogP contribution < -0.4 is 11.2 Å². The largest absolute Gasteiger partial charge is 0.337 e. The van der Waals surface area contributed by atoms with E-state index in [0.717, 1.165) is 25.3 Å². The molecular formula is C16H18N4O3. The summed E-state index contributed by atoms with van der Waals surface area (Å²) < 4.78 is 0. The summed E-state index contributed by atoms with van der Waals surface area (Å²) >= 11 is 0. The second kappa shape index (κ2) is 6.60. The summed E-state index contributed by atoms with van der Waals surface area (Å²) in [6.07, 6.45) is 6.38. The monoisotopic (exact) mass is 314 g/mol. The van der Waals surface area contributed by atoms with Gasteiger partial charge in [-0.25, -0.2) is 4.79 Å². The van der Waals surface area contributed by atoms with Crippen molar-refractivity contribution in [3.63, 3.8) is 0 Å². The molecule has 0 bridgehead atoms. The fourth-order valence-electron chi connectivity index (χ4n) is 2.95. The highest BCUT2D eigenvalue weighted by Crippen LogP contribution is 2.22. The number of piperidine rings is 1. The molecule has 2 aromatic heterocycles. The van der Waals surface area contributed by atoms with Crippen molar-refractivity contribution < 1.29 is 4.79 Å². The minimum absolute atomic E-state index is 0.0458. The number of nitrogens with zero attached hydrogens (tertiary/aromatic N) is 2. The van der Waals surface area contributed by atoms with E-state index in [9.17, 15) is 14.4 Å². The first-order valence-corrected chi connectivity index (χ1v) is 7.63. The van der Waals surface area contributed by atoms with Crippen LogP contribution in [0.4, 0.5) is 0 Å². The van der Waals surface area contributed by atoms with Crippen molar-refractivity contribution >= 4 is 5.91 Å². The molecule has 120 valence electrons. The molecule has 2 N–H and O–H groups in total. The van der Waals surface area contributed by atoms with Gasteiger partial charge >= 0.3 is 5.69 Å². The molecule has 1 aliphatic rings. The summed E-state index contributed by atoms with van der Waals surface area (Å²) in [6, 6.07) is 5.12. The van der Waals surface area contributed by atoms with E-state index in [-0.39, 0.29) is 11.6 Å². The van der Waals surface area contributed by atoms with Gasteiger partial charge in [0.25, 0.3) is 11.5 Å². The molecule has 0 saturated carbocycles. The smallest absolute Gasteiger partial charge is 0.326 e. The normalized spacial score (nSPS) is 15.6. The Hall–Kier alpha value is -2.70. The van der Waals surface area contributed by atoms with Gasteiger partial charge in [0.05, 0.1) is 0 Å². The number of hydrogen-bond donors (Lipinski definition) is 2. The zero-order valence-electron chi connectivity index (χ0n) is 12.6. The van der Waals surface area contributed by atoms with Gasteiger partial charge in [-0.05, 0) is 36.8 Å². The summed E-state index contributed by atoms with van der Waals surface area (Å²) in [4.78, 5) is 45.2. The number of H-pyrrole nitrogens is 2. The first-order valence-electron chi connectivity index (χ1n) is 7.63. The first-order chi connectivity index (χ1) is 11.1. The second-order valence-electron chi connectivity index (χ2n) is 5.80. The van der Waals surface area contributed by atoms with Gasteiger partial charge in [0.1, 0.15) is 5.69 Å². The molecule has 0 atom stereocenters. The zero-order valence-corrected chi connectivity index (χ0v) is 12.6. The van der Waals surface area contributed by atoms with Gasteiger partial charge in [-0.2, -0.15) is 0 Å². The minimum Gasteiger partial charge on any atom is -0.337 e. The number of carbonyl (C=O) groups is 1. The van der Waals surface area contributed by atoms with Crippen molar-refractivity contribution in [1.29, 1.82) is 0 Å². The van der Waals surface area contributed by atoms with Crippen LogP contribution in [0.2, 0.25) is 0 Å². The van der Waals surface area contributed by atoms with E-state index in [1.807, 2.05) is 12.3 Å². The molecule has 7 nitrogen and oxygen atoms in total. The van der Waals surface area contributed by atoms with E-state index in [4.69, 9.17) is 0 Å². The maximum Gasteiger partial charge on any atom is 0.326 e. The maximum absolute atomic E-state index is 12.4. The molecule has 0 aliphatic carbocycles. The van der Waals surface area contributed by atoms with Gasteiger partial charge in [-0.1, -0.05) is 6.07 Å². The lowest BCUT2D eigenvalue weighted by atomic mass is 9.90. The van der Waals surface area contributed by atoms with Gasteiger partial charge in [-0.3, -0.25) is 19.6 Å². The highest BCUT2D eigenvalue weighted by atomic mass is 16.2. The second-order valence-corrected chi connectivity index (χ2v) is 5.80. The molecule has 0 unspecified atom stereocenters. The van der Waals surface area contributed by atoms with Gasteiger partial charge in [0.15, 0.2) is 0 Å². The molecule has 0 spiro atoms. The third kappa shape index (κ3) is 3.74. The number of pyridine rings is 1. The summed E-state index contributed by atoms with van der Waals surface area (Å²) in [6.45, 7) is 1.25. The number of aromatic nitrogens is 3. The Labute approximate surface area is 132 Å². The van der Waals surface area contributed by atoms with Crippen molar-refractivity contribution in [3.8, 4) is 0 Å². The van der Waals surface area contributed by atoms with Crippen LogP contribution in [0.15, 0.2) is 40.2 Å². The van der Waals surface area contributed by atoms with Crippen LogP contribution in [0.1, 0.15) is 28.9 Å². The SMILES string of the molecule is O=C(c1cc(=O)[nH]c(=O)[nH]1)N1CCC(Cc2cccnc2)CC1. The third-order valence-electron chi connectivity index (χ3n) is 4.14. The molecule has 0 radical (unpaired) electrons. The lowest BCUT2D eigenvalue weighted by Gasteiger charge is -2.31. The lowest BCUT2D eigenvalue weighted by molar-refractivity contribution is 0.0684. The summed E-state index contributed by atoms with van der Waals surface area (Å²) in [5.41, 5.74) is 0.0246. The quantitative estimate of drug-likeness (QED) is 0.864. The number of hydrogen-bond acceptors (Lipinski definition) is 4. The van der Waals surface area contributed by atoms with Gasteiger partial charge in [0, 0.05) is 31.5 Å². The van der Waals surface area contributed by atoms with Crippen LogP contribution in [0, 0.1) is 5.92 Å². The van der Waals surface area contributed by atoms with Crippen molar-refractivity contribution in [2.24, 2.45) is 5.92 Å². The number of nitrogens with one attached hydrogen (secondary N) is 2. The fourth-order valence-corrected chi connectivity index (χ4v) is 2.95. The molecule has 1 aliphatic heterocycles. The molecule has 1 fully saturated rings. The fraction of sp³-hybridized carbons (Fsp3) is 0.375. The Morgan fingerprint density at radius 3 is 2.70 bits per heavy atom. The Kier molecular flexibility index (Phi) is 4.36. The van der Waals surface area contributed by atoms with Crippen LogP contribution in [0.3, 0.4) is 0 Å². The van der Waals surface area contributed by atoms with E-state index in [1.54, 1.807) is 11.1 Å². The van der Waals surface area contributed by atoms with Crippen molar-refractivity contribution in [2.75, 3.05) is 13.1 Å². The zero-order chi connectivity index (χ0) is 16.2. The lowest BCUT2D eigenvalue weighted by Crippen LogP contribution is -2.40. The Balaban J connectivity index is 1.61. The highest BCUT2D eigenvalue weighted by Gasteiger charge is 2.24. The molecule has 3 heterocycles. The average Bonchev–Trinajstić information content (AvgIpc) is 2.55. The number of likely N-dealkylation sites (tertiary alicyclic amines) is 1. The number of carbonyl (C=O) groups excluding carboxylic acids is 1. The van der Waals surface area contributed by atoms with Crippen LogP contribution in [-0.2, 0) is 6.42 Å². The number of aromatic amines is 2. The van der Waals surface area contributed by atoms with Crippen molar-refractivity contribution in [3.05, 3.63) is 62.7 Å². The molecule has 23 heavy (non-hydrogen) atoms. The van der Waals surface area contributed by atoms with E-state index in [1.165, 1.54) is 5.56 Å². The third-order valence-corrected chi connectivity index (χ3v) is 4.14. The summed E-state index contributed by atoms with van der Waals surface area (Å²) in [7, 11) is 0. The van der Waals surface area contributed by atoms with E-state index in [0.29, 0.717) is 19.0 Å². The Morgan fingerprint density at radius 1 is 1.26 bits per heavy atom. The molecule has 1 amide bonds. The number of rotatable bonds is 3. The Morgan fingerprint density at radius 2 is 2.04 bits per heavy atom. The summed E-state index contributed by atoms with van der Waals surface area (Å²) in [5.74, 6) is 0.217. The predicted octanol–water partition coefficient (Wildman–Crippen LogP) is 0.553.